The fraction of sp³-hybridized carbons (Fsp3) is 0.456. The fourth-order valence-corrected chi connectivity index (χ4v) is 10.7. The Balaban J connectivity index is 0.873. The molecule has 0 radical (unpaired) electrons. The molecule has 0 saturated carbocycles. The van der Waals surface area contributed by atoms with E-state index in [9.17, 15) is 47.0 Å². The molecule has 6 N–H and O–H groups in total. The Bertz CT molecular complexity index is 3020. The Kier molecular flexibility index (Phi) is 19.0. The second-order valence-corrected chi connectivity index (χ2v) is 22.3. The highest BCUT2D eigenvalue weighted by atomic mass is 32.1. The Labute approximate surface area is 455 Å². The molecule has 1 unspecified atom stereocenters. The predicted octanol–water partition coefficient (Wildman–Crippen LogP) is 8.29. The van der Waals surface area contributed by atoms with Crippen molar-refractivity contribution in [2.45, 2.75) is 129 Å². The summed E-state index contributed by atoms with van der Waals surface area (Å²) in [5.74, 6) is -3.50. The summed E-state index contributed by atoms with van der Waals surface area (Å²) in [5.41, 5.74) is 1.80. The Hall–Kier alpha value is -6.97. The van der Waals surface area contributed by atoms with Crippen molar-refractivity contribution < 1.29 is 46.6 Å². The minimum atomic E-state index is -4.99. The summed E-state index contributed by atoms with van der Waals surface area (Å²) < 4.78 is 57.8. The first-order valence-corrected chi connectivity index (χ1v) is 27.1. The number of likely N-dealkylation sites (tertiary alicyclic amines) is 1. The summed E-state index contributed by atoms with van der Waals surface area (Å²) in [6, 6.07) is 15.2. The predicted molar refractivity (Wildman–Crippen MR) is 292 cm³/mol. The molecule has 2 aromatic heterocycles. The number of amides is 5. The van der Waals surface area contributed by atoms with Crippen molar-refractivity contribution in [3.05, 3.63) is 123 Å². The van der Waals surface area contributed by atoms with Crippen LogP contribution in [0.25, 0.3) is 21.6 Å². The van der Waals surface area contributed by atoms with Crippen LogP contribution in [0, 0.1) is 18.2 Å². The summed E-state index contributed by atoms with van der Waals surface area (Å²) in [4.78, 5) is 92.4. The zero-order valence-electron chi connectivity index (χ0n) is 45.0. The number of aryl methyl sites for hydroxylation is 1. The molecule has 78 heavy (non-hydrogen) atoms. The monoisotopic (exact) mass is 1100 g/mol. The molecule has 418 valence electrons. The van der Waals surface area contributed by atoms with E-state index >= 15 is 4.39 Å². The summed E-state index contributed by atoms with van der Waals surface area (Å²) in [6.45, 7) is 13.1. The summed E-state index contributed by atoms with van der Waals surface area (Å²) in [7, 11) is 1.99. The number of nitrogens with one attached hydrogen (secondary N) is 5. The quantitative estimate of drug-likeness (QED) is 0.0344. The number of aromatic amines is 1. The SMILES string of the molecule is Cc1ncsc1-c1ccc(CNC(=O)[C@@H]2C[C@@H](O)CN2C(=O)C(NC(=O)CCCCCCCNC(=O)c2ccc(-c3ccc(N4C[C@@H](C)N(C)[C@@H](C)C4)c(NC(=O)c4c[nH]c(=O)cc4C(F)(F)F)c3)c(F)c2)C(C)(C)C)cc1. The first-order valence-electron chi connectivity index (χ1n) is 26.2. The number of likely N-dealkylation sites (N-methyl/N-ethyl adjacent to an activating group) is 1. The summed E-state index contributed by atoms with van der Waals surface area (Å²) >= 11 is 1.55. The molecule has 2 saturated heterocycles. The number of anilines is 2. The first kappa shape index (κ1) is 58.7. The van der Waals surface area contributed by atoms with Crippen LogP contribution in [0.5, 0.6) is 0 Å². The first-order chi connectivity index (χ1) is 36.9. The third-order valence-electron chi connectivity index (χ3n) is 14.5. The zero-order valence-corrected chi connectivity index (χ0v) is 45.8. The molecule has 2 aliphatic heterocycles. The highest BCUT2D eigenvalue weighted by Crippen LogP contribution is 2.37. The number of alkyl halides is 3. The van der Waals surface area contributed by atoms with E-state index in [-0.39, 0.29) is 66.6 Å². The van der Waals surface area contributed by atoms with E-state index < -0.39 is 70.0 Å². The second kappa shape index (κ2) is 25.2. The molecule has 5 atom stereocenters. The number of aromatic nitrogens is 2. The number of thiazole rings is 1. The van der Waals surface area contributed by atoms with Crippen LogP contribution in [-0.4, -0.2) is 118 Å². The number of nitrogens with zero attached hydrogens (tertiary/aromatic N) is 4. The van der Waals surface area contributed by atoms with Crippen molar-refractivity contribution >= 4 is 52.2 Å². The third kappa shape index (κ3) is 14.6. The topological polar surface area (TPSA) is 209 Å². The van der Waals surface area contributed by atoms with Crippen molar-refractivity contribution in [2.24, 2.45) is 5.41 Å². The van der Waals surface area contributed by atoms with Gasteiger partial charge in [0.2, 0.25) is 23.3 Å². The van der Waals surface area contributed by atoms with Gasteiger partial charge in [-0.05, 0) is 87.0 Å². The van der Waals surface area contributed by atoms with Gasteiger partial charge in [0.25, 0.3) is 11.8 Å². The molecule has 5 amide bonds. The maximum atomic E-state index is 15.9. The number of aliphatic hydroxyl groups is 1. The van der Waals surface area contributed by atoms with Crippen molar-refractivity contribution in [1.29, 1.82) is 0 Å². The number of aliphatic hydroxyl groups excluding tert-OH is 1. The average molecular weight is 1100 g/mol. The van der Waals surface area contributed by atoms with Crippen LogP contribution in [0.1, 0.15) is 117 Å². The molecular formula is C57H69F4N9O7S. The number of halogens is 4. The molecule has 0 aliphatic carbocycles. The number of hydrogen-bond acceptors (Lipinski definition) is 11. The molecule has 2 aliphatic rings. The van der Waals surface area contributed by atoms with Crippen molar-refractivity contribution in [3.63, 3.8) is 0 Å². The van der Waals surface area contributed by atoms with E-state index in [4.69, 9.17) is 0 Å². The van der Waals surface area contributed by atoms with Crippen molar-refractivity contribution in [3.8, 4) is 21.6 Å². The lowest BCUT2D eigenvalue weighted by Crippen LogP contribution is -2.57. The number of carbonyl (C=O) groups is 5. The van der Waals surface area contributed by atoms with Crippen LogP contribution < -0.4 is 31.7 Å². The molecule has 3 aromatic carbocycles. The highest BCUT2D eigenvalue weighted by molar-refractivity contribution is 7.13. The average Bonchev–Trinajstić information content (AvgIpc) is 4.04. The van der Waals surface area contributed by atoms with Gasteiger partial charge in [-0.2, -0.15) is 13.2 Å². The number of unbranched alkanes of at least 4 members (excludes halogenated alkanes) is 4. The molecule has 0 bridgehead atoms. The molecule has 4 heterocycles. The van der Waals surface area contributed by atoms with E-state index in [0.717, 1.165) is 40.6 Å². The lowest BCUT2D eigenvalue weighted by Gasteiger charge is -2.44. The van der Waals surface area contributed by atoms with E-state index in [1.54, 1.807) is 29.0 Å². The van der Waals surface area contributed by atoms with Gasteiger partial charge in [0.15, 0.2) is 0 Å². The van der Waals surface area contributed by atoms with E-state index in [1.165, 1.54) is 23.1 Å². The Morgan fingerprint density at radius 3 is 2.19 bits per heavy atom. The van der Waals surface area contributed by atoms with Gasteiger partial charge in [0, 0.05) is 81.0 Å². The number of pyridine rings is 1. The lowest BCUT2D eigenvalue weighted by atomic mass is 9.85. The molecule has 21 heteroatoms. The van der Waals surface area contributed by atoms with Crippen LogP contribution in [0.2, 0.25) is 0 Å². The molecule has 5 aromatic rings. The standard InChI is InChI=1S/C57H69F4N9O7S/c1-33-29-69(30-34(2)68(33)7)46-21-19-38(24-45(46)66-53(75)42-28-63-49(73)26-43(42)57(59,60)61)41-20-18-39(23-44(41)58)52(74)62-22-12-10-8-9-11-13-48(72)67-51(56(4,5)6)55(77)70-31-40(71)25-47(70)54(76)64-27-36-14-16-37(17-15-36)50-35(3)65-32-78-50/h14-21,23-24,26,28,32-34,40,47,51,71H,8-13,22,25,27,29-31H2,1-7H3,(H,62,74)(H,63,73)(H,64,76)(H,66,75)(H,67,72)/t33-,34+,40-,47+,51?/m1/s1. The third-order valence-corrected chi connectivity index (χ3v) is 15.5. The van der Waals surface area contributed by atoms with Gasteiger partial charge in [0.05, 0.1) is 44.7 Å². The maximum absolute atomic E-state index is 15.9. The van der Waals surface area contributed by atoms with Crippen LogP contribution >= 0.6 is 11.3 Å². The number of benzene rings is 3. The Morgan fingerprint density at radius 1 is 0.859 bits per heavy atom. The van der Waals surface area contributed by atoms with E-state index in [1.807, 2.05) is 77.8 Å². The van der Waals surface area contributed by atoms with Crippen LogP contribution in [0.4, 0.5) is 28.9 Å². The normalized spacial score (nSPS) is 18.4. The number of rotatable bonds is 19. The van der Waals surface area contributed by atoms with Gasteiger partial charge in [0.1, 0.15) is 17.9 Å². The summed E-state index contributed by atoms with van der Waals surface area (Å²) in [6.07, 6.45) is -1.57. The Morgan fingerprint density at radius 2 is 1.54 bits per heavy atom. The van der Waals surface area contributed by atoms with Crippen LogP contribution in [-0.2, 0) is 27.1 Å². The molecule has 16 nitrogen and oxygen atoms in total. The van der Waals surface area contributed by atoms with Gasteiger partial charge in [-0.15, -0.1) is 11.3 Å². The number of piperazine rings is 1. The smallest absolute Gasteiger partial charge is 0.391 e. The highest BCUT2D eigenvalue weighted by Gasteiger charge is 2.44. The van der Waals surface area contributed by atoms with Gasteiger partial charge in [-0.25, -0.2) is 9.37 Å². The van der Waals surface area contributed by atoms with Crippen LogP contribution in [0.3, 0.4) is 0 Å². The molecule has 0 spiro atoms. The molecule has 7 rings (SSSR count). The summed E-state index contributed by atoms with van der Waals surface area (Å²) in [5, 5.41) is 21.8. The largest absolute Gasteiger partial charge is 0.417 e. The zero-order chi connectivity index (χ0) is 56.6. The number of β-amino-alcohol motifs (C(OH)–C–C–N with tert-alkyl or cyclic N) is 1. The lowest BCUT2D eigenvalue weighted by molar-refractivity contribution is -0.144. The van der Waals surface area contributed by atoms with Crippen molar-refractivity contribution in [1.82, 2.24) is 35.7 Å². The maximum Gasteiger partial charge on any atom is 0.417 e. The van der Waals surface area contributed by atoms with E-state index in [0.29, 0.717) is 62.4 Å². The minimum Gasteiger partial charge on any atom is -0.391 e. The minimum absolute atomic E-state index is 0.0333. The van der Waals surface area contributed by atoms with Gasteiger partial charge >= 0.3 is 6.18 Å². The second-order valence-electron chi connectivity index (χ2n) is 21.5. The fourth-order valence-electron chi connectivity index (χ4n) is 9.91. The number of carbonyl (C=O) groups excluding carboxylic acids is 5. The van der Waals surface area contributed by atoms with Crippen molar-refractivity contribution in [2.75, 3.05) is 43.4 Å². The number of hydrogen-bond donors (Lipinski definition) is 6. The number of H-pyrrole nitrogens is 1. The van der Waals surface area contributed by atoms with Crippen LogP contribution in [0.15, 0.2) is 83.2 Å². The van der Waals surface area contributed by atoms with Gasteiger partial charge in [-0.1, -0.05) is 76.4 Å². The molecular weight excluding hydrogens is 1030 g/mol. The van der Waals surface area contributed by atoms with E-state index in [2.05, 4.69) is 36.1 Å². The van der Waals surface area contributed by atoms with Gasteiger partial charge in [-0.3, -0.25) is 33.7 Å². The van der Waals surface area contributed by atoms with Gasteiger partial charge < -0.3 is 41.2 Å². The molecule has 2 fully saturated rings.